The molecule has 6 rings (SSSR count). The number of halogens is 1. The molecule has 1 spiro atoms. The number of carbonyl (C=O) groups is 1. The van der Waals surface area contributed by atoms with Crippen molar-refractivity contribution in [3.63, 3.8) is 0 Å². The van der Waals surface area contributed by atoms with E-state index in [1.54, 1.807) is 17.0 Å². The van der Waals surface area contributed by atoms with Crippen molar-refractivity contribution in [3.05, 3.63) is 77.6 Å². The first-order valence-corrected chi connectivity index (χ1v) is 15.6. The Morgan fingerprint density at radius 1 is 1.05 bits per heavy atom. The average Bonchev–Trinajstić information content (AvgIpc) is 3.74. The van der Waals surface area contributed by atoms with Crippen LogP contribution >= 0.6 is 0 Å². The van der Waals surface area contributed by atoms with Gasteiger partial charge in [0, 0.05) is 43.7 Å². The van der Waals surface area contributed by atoms with Crippen LogP contribution in [0.2, 0.25) is 0 Å². The van der Waals surface area contributed by atoms with E-state index in [2.05, 4.69) is 17.0 Å². The molecular formula is C31H34FN3O5S. The molecule has 1 amide bonds. The van der Waals surface area contributed by atoms with Gasteiger partial charge in [0.05, 0.1) is 18.0 Å². The number of rotatable bonds is 8. The molecule has 2 heterocycles. The van der Waals surface area contributed by atoms with Gasteiger partial charge in [0.1, 0.15) is 17.2 Å². The average molecular weight is 580 g/mol. The lowest BCUT2D eigenvalue weighted by Gasteiger charge is -2.37. The van der Waals surface area contributed by atoms with E-state index < -0.39 is 21.7 Å². The zero-order chi connectivity index (χ0) is 28.8. The minimum absolute atomic E-state index is 0.00111. The lowest BCUT2D eigenvalue weighted by molar-refractivity contribution is -0.00111. The third-order valence-corrected chi connectivity index (χ3v) is 9.24. The SMILES string of the molecule is CCOc1cc(-c2ccc(F)cc2)c(C2CC2)cc1CN1CCC2(CC1)CN(c1ccc(S(N)(=O)=O)cc1)C(=O)O2. The molecule has 2 saturated heterocycles. The number of hydrogen-bond donors (Lipinski definition) is 1. The lowest BCUT2D eigenvalue weighted by atomic mass is 9.90. The number of amides is 1. The number of anilines is 1. The first kappa shape index (κ1) is 27.7. The van der Waals surface area contributed by atoms with Gasteiger partial charge in [0.2, 0.25) is 10.0 Å². The Balaban J connectivity index is 1.17. The second-order valence-corrected chi connectivity index (χ2v) is 12.8. The van der Waals surface area contributed by atoms with E-state index >= 15 is 0 Å². The molecule has 3 aromatic rings. The highest BCUT2D eigenvalue weighted by Crippen LogP contribution is 2.47. The monoisotopic (exact) mass is 579 g/mol. The first-order valence-electron chi connectivity index (χ1n) is 14.1. The number of ether oxygens (including phenoxy) is 2. The van der Waals surface area contributed by atoms with Crippen LogP contribution in [0.5, 0.6) is 5.75 Å². The summed E-state index contributed by atoms with van der Waals surface area (Å²) >= 11 is 0. The van der Waals surface area contributed by atoms with Crippen molar-refractivity contribution in [2.45, 2.75) is 55.6 Å². The molecule has 0 aromatic heterocycles. The van der Waals surface area contributed by atoms with Gasteiger partial charge in [0.15, 0.2) is 0 Å². The molecule has 2 N–H and O–H groups in total. The predicted octanol–water partition coefficient (Wildman–Crippen LogP) is 5.41. The van der Waals surface area contributed by atoms with Crippen molar-refractivity contribution in [2.75, 3.05) is 31.1 Å². The Morgan fingerprint density at radius 3 is 2.34 bits per heavy atom. The molecular weight excluding hydrogens is 545 g/mol. The Morgan fingerprint density at radius 2 is 1.73 bits per heavy atom. The Hall–Kier alpha value is -3.47. The molecule has 216 valence electrons. The van der Waals surface area contributed by atoms with Crippen LogP contribution in [-0.2, 0) is 21.3 Å². The van der Waals surface area contributed by atoms with E-state index in [1.165, 1.54) is 29.8 Å². The van der Waals surface area contributed by atoms with Crippen molar-refractivity contribution >= 4 is 21.8 Å². The van der Waals surface area contributed by atoms with Crippen LogP contribution in [0.1, 0.15) is 49.7 Å². The molecule has 41 heavy (non-hydrogen) atoms. The van der Waals surface area contributed by atoms with Crippen LogP contribution in [0, 0.1) is 5.82 Å². The summed E-state index contributed by atoms with van der Waals surface area (Å²) < 4.78 is 48.8. The van der Waals surface area contributed by atoms with E-state index in [-0.39, 0.29) is 10.7 Å². The molecule has 8 nitrogen and oxygen atoms in total. The molecule has 3 aliphatic rings. The summed E-state index contributed by atoms with van der Waals surface area (Å²) in [5.74, 6) is 1.11. The minimum atomic E-state index is -3.81. The van der Waals surface area contributed by atoms with Gasteiger partial charge in [0.25, 0.3) is 0 Å². The Labute approximate surface area is 239 Å². The summed E-state index contributed by atoms with van der Waals surface area (Å²) in [5, 5.41) is 5.20. The Kier molecular flexibility index (Phi) is 7.25. The maximum Gasteiger partial charge on any atom is 0.415 e. The summed E-state index contributed by atoms with van der Waals surface area (Å²) in [5.41, 5.74) is 4.52. The van der Waals surface area contributed by atoms with Gasteiger partial charge in [-0.3, -0.25) is 9.80 Å². The van der Waals surface area contributed by atoms with Crippen LogP contribution in [0.15, 0.2) is 65.6 Å². The van der Waals surface area contributed by atoms with Gasteiger partial charge in [-0.05, 0) is 90.9 Å². The van der Waals surface area contributed by atoms with Gasteiger partial charge in [-0.2, -0.15) is 0 Å². The highest BCUT2D eigenvalue weighted by Gasteiger charge is 2.47. The zero-order valence-corrected chi connectivity index (χ0v) is 23.8. The molecule has 2 aliphatic heterocycles. The predicted molar refractivity (Wildman–Crippen MR) is 154 cm³/mol. The number of likely N-dealkylation sites (tertiary alicyclic amines) is 1. The van der Waals surface area contributed by atoms with Gasteiger partial charge in [-0.25, -0.2) is 22.7 Å². The van der Waals surface area contributed by atoms with E-state index in [0.717, 1.165) is 54.9 Å². The quantitative estimate of drug-likeness (QED) is 0.383. The van der Waals surface area contributed by atoms with Crippen molar-refractivity contribution in [1.29, 1.82) is 0 Å². The van der Waals surface area contributed by atoms with E-state index in [0.29, 0.717) is 37.6 Å². The largest absolute Gasteiger partial charge is 0.494 e. The fraction of sp³-hybridized carbons (Fsp3) is 0.387. The van der Waals surface area contributed by atoms with Gasteiger partial charge in [-0.15, -0.1) is 0 Å². The van der Waals surface area contributed by atoms with Crippen LogP contribution in [0.25, 0.3) is 11.1 Å². The number of piperidine rings is 1. The number of benzene rings is 3. The smallest absolute Gasteiger partial charge is 0.415 e. The summed E-state index contributed by atoms with van der Waals surface area (Å²) in [6.45, 7) is 5.18. The summed E-state index contributed by atoms with van der Waals surface area (Å²) in [6, 6.07) is 17.0. The van der Waals surface area contributed by atoms with E-state index in [1.807, 2.05) is 19.1 Å². The third-order valence-electron chi connectivity index (χ3n) is 8.31. The maximum atomic E-state index is 13.6. The van der Waals surface area contributed by atoms with Crippen LogP contribution in [0.3, 0.4) is 0 Å². The molecule has 0 unspecified atom stereocenters. The summed E-state index contributed by atoms with van der Waals surface area (Å²) in [7, 11) is -3.81. The van der Waals surface area contributed by atoms with E-state index in [4.69, 9.17) is 14.6 Å². The second-order valence-electron chi connectivity index (χ2n) is 11.2. The second kappa shape index (κ2) is 10.7. The van der Waals surface area contributed by atoms with Crippen LogP contribution in [0.4, 0.5) is 14.9 Å². The Bertz CT molecular complexity index is 1550. The molecule has 1 aliphatic carbocycles. The first-order chi connectivity index (χ1) is 19.6. The van der Waals surface area contributed by atoms with Gasteiger partial charge in [-0.1, -0.05) is 12.1 Å². The van der Waals surface area contributed by atoms with Gasteiger partial charge < -0.3 is 9.47 Å². The van der Waals surface area contributed by atoms with Crippen molar-refractivity contribution < 1.29 is 27.1 Å². The molecule has 3 fully saturated rings. The molecule has 0 radical (unpaired) electrons. The number of carbonyl (C=O) groups excluding carboxylic acids is 1. The topological polar surface area (TPSA) is 102 Å². The normalized spacial score (nSPS) is 19.0. The molecule has 1 saturated carbocycles. The van der Waals surface area contributed by atoms with E-state index in [9.17, 15) is 17.6 Å². The molecule has 0 atom stereocenters. The standard InChI is InChI=1S/C31H34FN3O5S/c1-2-39-29-18-28(22-5-7-24(32)8-6-22)27(21-3-4-21)17-23(29)19-34-15-13-31(14-16-34)20-35(30(36)40-31)25-9-11-26(12-10-25)41(33,37)38/h5-12,17-18,21H,2-4,13-16,19-20H2,1H3,(H2,33,37,38). The summed E-state index contributed by atoms with van der Waals surface area (Å²) in [4.78, 5) is 16.7. The molecule has 10 heteroatoms. The van der Waals surface area contributed by atoms with Crippen molar-refractivity contribution in [3.8, 4) is 16.9 Å². The maximum absolute atomic E-state index is 13.6. The highest BCUT2D eigenvalue weighted by molar-refractivity contribution is 7.89. The number of hydrogen-bond acceptors (Lipinski definition) is 6. The number of sulfonamides is 1. The highest BCUT2D eigenvalue weighted by atomic mass is 32.2. The van der Waals surface area contributed by atoms with Gasteiger partial charge >= 0.3 is 6.09 Å². The number of primary sulfonamides is 1. The molecule has 0 bridgehead atoms. The lowest BCUT2D eigenvalue weighted by Crippen LogP contribution is -2.46. The molecule has 3 aromatic carbocycles. The minimum Gasteiger partial charge on any atom is -0.494 e. The van der Waals surface area contributed by atoms with Crippen molar-refractivity contribution in [2.24, 2.45) is 5.14 Å². The fourth-order valence-corrected chi connectivity index (χ4v) is 6.44. The summed E-state index contributed by atoms with van der Waals surface area (Å²) in [6.07, 6.45) is 3.27. The fourth-order valence-electron chi connectivity index (χ4n) is 5.93. The number of nitrogens with two attached hydrogens (primary N) is 1. The number of nitrogens with zero attached hydrogens (tertiary/aromatic N) is 2. The van der Waals surface area contributed by atoms with Crippen LogP contribution in [-0.4, -0.2) is 51.3 Å². The third kappa shape index (κ3) is 5.82. The van der Waals surface area contributed by atoms with Crippen LogP contribution < -0.4 is 14.8 Å². The zero-order valence-electron chi connectivity index (χ0n) is 23.0. The van der Waals surface area contributed by atoms with Crippen molar-refractivity contribution in [1.82, 2.24) is 4.90 Å².